The van der Waals surface area contributed by atoms with Crippen LogP contribution in [0.25, 0.3) is 56.0 Å². The molecule has 0 fully saturated rings. The molecule has 0 aliphatic rings. The van der Waals surface area contributed by atoms with Gasteiger partial charge in [-0.15, -0.1) is 11.3 Å². The van der Waals surface area contributed by atoms with E-state index in [1.165, 1.54) is 17.4 Å². The third-order valence-corrected chi connectivity index (χ3v) is 7.31. The molecule has 182 valence electrons. The predicted molar refractivity (Wildman–Crippen MR) is 151 cm³/mol. The van der Waals surface area contributed by atoms with E-state index in [-0.39, 0.29) is 5.57 Å². The van der Waals surface area contributed by atoms with E-state index >= 15 is 0 Å². The van der Waals surface area contributed by atoms with Crippen molar-refractivity contribution in [1.29, 1.82) is 5.26 Å². The van der Waals surface area contributed by atoms with Crippen LogP contribution in [0.5, 0.6) is 0 Å². The number of nitrogens with zero attached hydrogens (tertiary/aromatic N) is 3. The van der Waals surface area contributed by atoms with Gasteiger partial charge in [0.05, 0.1) is 21.6 Å². The highest BCUT2D eigenvalue weighted by Gasteiger charge is 2.15. The first-order chi connectivity index (χ1) is 18.6. The second-order valence-electron chi connectivity index (χ2n) is 8.64. The van der Waals surface area contributed by atoms with Gasteiger partial charge in [-0.1, -0.05) is 54.6 Å². The van der Waals surface area contributed by atoms with Gasteiger partial charge in [-0.25, -0.2) is 9.78 Å². The molecule has 0 unspecified atom stereocenters. The van der Waals surface area contributed by atoms with Gasteiger partial charge in [0, 0.05) is 21.8 Å². The number of carbonyl (C=O) groups is 1. The lowest BCUT2D eigenvalue weighted by Gasteiger charge is -2.10. The zero-order valence-electron chi connectivity index (χ0n) is 20.0. The molecular formula is C31H20N4O2S. The lowest BCUT2D eigenvalue weighted by atomic mass is 10.1. The summed E-state index contributed by atoms with van der Waals surface area (Å²) in [6.45, 7) is 0. The van der Waals surface area contributed by atoms with E-state index in [4.69, 9.17) is 15.4 Å². The number of hydrogen-bond donors (Lipinski definition) is 2. The molecule has 7 heteroatoms. The molecule has 38 heavy (non-hydrogen) atoms. The minimum absolute atomic E-state index is 0.286. The highest BCUT2D eigenvalue weighted by atomic mass is 32.1. The van der Waals surface area contributed by atoms with Crippen LogP contribution in [-0.4, -0.2) is 25.6 Å². The van der Waals surface area contributed by atoms with E-state index < -0.39 is 5.97 Å². The standard InChI is InChI=1S/C31H20N4O2S/c32-19-22(31(36)37)18-24-14-17-29(38-24)27-16-15-25(33-27)20-10-12-21(13-11-20)30-34-26-8-4-5-9-28(26)35(30)23-6-2-1-3-7-23/h1-18,33H,(H,36,37)/b22-18-. The van der Waals surface area contributed by atoms with E-state index in [1.54, 1.807) is 6.07 Å². The van der Waals surface area contributed by atoms with Crippen LogP contribution in [0.2, 0.25) is 0 Å². The number of fused-ring (bicyclic) bond motifs is 1. The monoisotopic (exact) mass is 512 g/mol. The number of nitriles is 1. The summed E-state index contributed by atoms with van der Waals surface area (Å²) in [6, 6.07) is 36.2. The Morgan fingerprint density at radius 3 is 2.34 bits per heavy atom. The zero-order valence-corrected chi connectivity index (χ0v) is 20.8. The third kappa shape index (κ3) is 4.30. The number of nitrogens with one attached hydrogen (secondary N) is 1. The number of aromatic nitrogens is 3. The Bertz CT molecular complexity index is 1850. The second-order valence-corrected chi connectivity index (χ2v) is 9.75. The van der Waals surface area contributed by atoms with Gasteiger partial charge < -0.3 is 10.1 Å². The van der Waals surface area contributed by atoms with Gasteiger partial charge in [-0.3, -0.25) is 4.57 Å². The number of aromatic amines is 1. The van der Waals surface area contributed by atoms with Crippen LogP contribution in [0.4, 0.5) is 0 Å². The van der Waals surface area contributed by atoms with Crippen molar-refractivity contribution in [2.24, 2.45) is 0 Å². The maximum Gasteiger partial charge on any atom is 0.346 e. The number of hydrogen-bond acceptors (Lipinski definition) is 4. The molecule has 0 aliphatic carbocycles. The minimum Gasteiger partial charge on any atom is -0.477 e. The second kappa shape index (κ2) is 9.69. The van der Waals surface area contributed by atoms with Crippen molar-refractivity contribution in [2.75, 3.05) is 0 Å². The van der Waals surface area contributed by atoms with Gasteiger partial charge in [0.1, 0.15) is 17.5 Å². The first kappa shape index (κ1) is 23.2. The van der Waals surface area contributed by atoms with Crippen molar-refractivity contribution in [3.05, 3.63) is 114 Å². The largest absolute Gasteiger partial charge is 0.477 e. The Kier molecular flexibility index (Phi) is 5.92. The van der Waals surface area contributed by atoms with Crippen molar-refractivity contribution in [3.63, 3.8) is 0 Å². The number of rotatable bonds is 6. The molecule has 0 spiro atoms. The lowest BCUT2D eigenvalue weighted by Crippen LogP contribution is -1.97. The Morgan fingerprint density at radius 2 is 1.58 bits per heavy atom. The van der Waals surface area contributed by atoms with Gasteiger partial charge in [-0.2, -0.15) is 5.26 Å². The summed E-state index contributed by atoms with van der Waals surface area (Å²) in [6.07, 6.45) is 1.39. The number of carboxylic acid groups (broad SMARTS) is 1. The quantitative estimate of drug-likeness (QED) is 0.179. The first-order valence-corrected chi connectivity index (χ1v) is 12.7. The topological polar surface area (TPSA) is 94.7 Å². The molecule has 0 amide bonds. The molecule has 6 rings (SSSR count). The molecule has 3 heterocycles. The Balaban J connectivity index is 1.31. The van der Waals surface area contributed by atoms with Crippen LogP contribution in [0, 0.1) is 11.3 Å². The zero-order chi connectivity index (χ0) is 26.1. The smallest absolute Gasteiger partial charge is 0.346 e. The summed E-state index contributed by atoms with van der Waals surface area (Å²) in [4.78, 5) is 21.2. The van der Waals surface area contributed by atoms with Gasteiger partial charge in [0.15, 0.2) is 0 Å². The molecular weight excluding hydrogens is 492 g/mol. The molecule has 3 aromatic carbocycles. The Morgan fingerprint density at radius 1 is 0.868 bits per heavy atom. The summed E-state index contributed by atoms with van der Waals surface area (Å²) in [7, 11) is 0. The Hall–Kier alpha value is -5.19. The molecule has 0 bridgehead atoms. The van der Waals surface area contributed by atoms with E-state index in [1.807, 2.05) is 60.7 Å². The average molecular weight is 513 g/mol. The van der Waals surface area contributed by atoms with Gasteiger partial charge >= 0.3 is 5.97 Å². The average Bonchev–Trinajstić information content (AvgIpc) is 3.70. The molecule has 6 aromatic rings. The fourth-order valence-electron chi connectivity index (χ4n) is 4.42. The summed E-state index contributed by atoms with van der Waals surface area (Å²) < 4.78 is 2.18. The van der Waals surface area contributed by atoms with E-state index in [9.17, 15) is 4.79 Å². The maximum absolute atomic E-state index is 11.1. The number of thiophene rings is 1. The summed E-state index contributed by atoms with van der Waals surface area (Å²) in [5.74, 6) is -0.346. The fourth-order valence-corrected chi connectivity index (χ4v) is 5.36. The number of imidazole rings is 1. The highest BCUT2D eigenvalue weighted by Crippen LogP contribution is 2.33. The predicted octanol–water partition coefficient (Wildman–Crippen LogP) is 7.41. The molecule has 6 nitrogen and oxygen atoms in total. The number of carboxylic acids is 1. The van der Waals surface area contributed by atoms with Crippen molar-refractivity contribution in [1.82, 2.24) is 14.5 Å². The van der Waals surface area contributed by atoms with Gasteiger partial charge in [0.25, 0.3) is 0 Å². The molecule has 0 atom stereocenters. The normalized spacial score (nSPS) is 11.5. The van der Waals surface area contributed by atoms with Crippen LogP contribution < -0.4 is 0 Å². The van der Waals surface area contributed by atoms with Crippen molar-refractivity contribution >= 4 is 34.4 Å². The Labute approximate surface area is 222 Å². The SMILES string of the molecule is N#C/C(=C/c1ccc(-c2ccc(-c3ccc(-c4nc5ccccc5n4-c4ccccc4)cc3)[nH]2)s1)C(=O)O. The van der Waals surface area contributed by atoms with Gasteiger partial charge in [0.2, 0.25) is 0 Å². The van der Waals surface area contributed by atoms with Crippen molar-refractivity contribution in [3.8, 4) is 45.0 Å². The summed E-state index contributed by atoms with van der Waals surface area (Å²) >= 11 is 1.42. The summed E-state index contributed by atoms with van der Waals surface area (Å²) in [5, 5.41) is 18.1. The van der Waals surface area contributed by atoms with Crippen molar-refractivity contribution < 1.29 is 9.90 Å². The molecule has 0 saturated carbocycles. The number of aliphatic carboxylic acids is 1. The van der Waals surface area contributed by atoms with E-state index in [0.29, 0.717) is 4.88 Å². The maximum atomic E-state index is 11.1. The fraction of sp³-hybridized carbons (Fsp3) is 0. The lowest BCUT2D eigenvalue weighted by molar-refractivity contribution is -0.132. The molecule has 3 aromatic heterocycles. The van der Waals surface area contributed by atoms with Crippen LogP contribution in [0.3, 0.4) is 0 Å². The highest BCUT2D eigenvalue weighted by molar-refractivity contribution is 7.16. The van der Waals surface area contributed by atoms with Crippen LogP contribution in [0.1, 0.15) is 4.88 Å². The van der Waals surface area contributed by atoms with Crippen LogP contribution in [-0.2, 0) is 4.79 Å². The van der Waals surface area contributed by atoms with Crippen molar-refractivity contribution in [2.45, 2.75) is 0 Å². The van der Waals surface area contributed by atoms with Crippen LogP contribution in [0.15, 0.2) is 109 Å². The van der Waals surface area contributed by atoms with Gasteiger partial charge in [-0.05, 0) is 60.2 Å². The molecule has 0 saturated heterocycles. The van der Waals surface area contributed by atoms with E-state index in [0.717, 1.165) is 49.9 Å². The first-order valence-electron chi connectivity index (χ1n) is 11.9. The minimum atomic E-state index is -1.23. The number of H-pyrrole nitrogens is 1. The van der Waals surface area contributed by atoms with E-state index in [2.05, 4.69) is 52.0 Å². The van der Waals surface area contributed by atoms with Crippen LogP contribution >= 0.6 is 11.3 Å². The molecule has 0 aliphatic heterocycles. The number of para-hydroxylation sites is 3. The molecule has 0 radical (unpaired) electrons. The number of benzene rings is 3. The third-order valence-electron chi connectivity index (χ3n) is 6.24. The summed E-state index contributed by atoms with van der Waals surface area (Å²) in [5.41, 5.74) is 6.72. The molecule has 2 N–H and O–H groups in total.